The number of aliphatic hydroxyl groups is 1. The number of methoxy groups -OCH3 is 1. The highest BCUT2D eigenvalue weighted by Crippen LogP contribution is 2.37. The molecule has 0 unspecified atom stereocenters. The fourth-order valence-corrected chi connectivity index (χ4v) is 1.29. The highest BCUT2D eigenvalue weighted by Gasteiger charge is 2.62. The van der Waals surface area contributed by atoms with Crippen LogP contribution in [0.2, 0.25) is 0 Å². The smallest absolute Gasteiger partial charge is 0.461 e. The number of aliphatic hydroxyl groups excluding tert-OH is 1. The maximum absolute atomic E-state index is 12.7. The molecule has 116 valence electrons. The first-order chi connectivity index (χ1) is 9.50. The molecule has 0 amide bonds. The number of halogens is 5. The van der Waals surface area contributed by atoms with Gasteiger partial charge in [-0.15, -0.1) is 0 Å². The third-order valence-electron chi connectivity index (χ3n) is 2.41. The number of benzene rings is 1. The van der Waals surface area contributed by atoms with Gasteiger partial charge in [-0.2, -0.15) is 22.0 Å². The van der Waals surface area contributed by atoms with Crippen LogP contribution in [0.5, 0.6) is 11.5 Å². The van der Waals surface area contributed by atoms with Crippen molar-refractivity contribution in [2.45, 2.75) is 12.1 Å². The summed E-state index contributed by atoms with van der Waals surface area (Å²) in [5.74, 6) is -10.0. The Labute approximate surface area is 115 Å². The average molecular weight is 312 g/mol. The van der Waals surface area contributed by atoms with Crippen LogP contribution in [0, 0.1) is 0 Å². The second-order valence-electron chi connectivity index (χ2n) is 3.85. The second-order valence-corrected chi connectivity index (χ2v) is 3.85. The topological polar surface area (TPSA) is 66.8 Å². The van der Waals surface area contributed by atoms with E-state index >= 15 is 0 Å². The van der Waals surface area contributed by atoms with Gasteiger partial charge in [-0.1, -0.05) is 0 Å². The van der Waals surface area contributed by atoms with Crippen LogP contribution in [-0.2, 0) is 4.79 Å². The summed E-state index contributed by atoms with van der Waals surface area (Å²) in [6.45, 7) is 0. The van der Waals surface area contributed by atoms with E-state index in [0.29, 0.717) is 0 Å². The van der Waals surface area contributed by atoms with E-state index in [1.807, 2.05) is 0 Å². The largest absolute Gasteiger partial charge is 0.507 e. The zero-order valence-corrected chi connectivity index (χ0v) is 10.4. The number of hydrogen-bond acceptors (Lipinski definition) is 4. The number of ketones is 1. The zero-order valence-electron chi connectivity index (χ0n) is 10.4. The summed E-state index contributed by atoms with van der Waals surface area (Å²) in [7, 11) is 1.26. The lowest BCUT2D eigenvalue weighted by Crippen LogP contribution is -2.43. The number of hydrogen-bond donors (Lipinski definition) is 2. The van der Waals surface area contributed by atoms with Gasteiger partial charge < -0.3 is 14.9 Å². The summed E-state index contributed by atoms with van der Waals surface area (Å²) in [4.78, 5) is 10.9. The molecule has 0 fully saturated rings. The van der Waals surface area contributed by atoms with Gasteiger partial charge >= 0.3 is 12.1 Å². The molecule has 9 heteroatoms. The van der Waals surface area contributed by atoms with Gasteiger partial charge in [0.1, 0.15) is 17.3 Å². The predicted octanol–water partition coefficient (Wildman–Crippen LogP) is 3.07. The molecule has 0 aromatic heterocycles. The van der Waals surface area contributed by atoms with E-state index in [0.717, 1.165) is 12.1 Å². The van der Waals surface area contributed by atoms with Crippen LogP contribution >= 0.6 is 0 Å². The standard InChI is InChI=1S/C12H9F5O4/c1-21-6-2-3-7(8(18)4-6)9(19)5-10(20)11(13,14)12(15,16)17/h2-5,18-19H,1H3/b9-5-. The first-order valence-electron chi connectivity index (χ1n) is 5.27. The number of allylic oxidation sites excluding steroid dienone is 1. The second kappa shape index (κ2) is 5.58. The Morgan fingerprint density at radius 1 is 1.24 bits per heavy atom. The summed E-state index contributed by atoms with van der Waals surface area (Å²) in [5, 5.41) is 18.9. The number of ether oxygens (including phenoxy) is 1. The maximum atomic E-state index is 12.7. The highest BCUT2D eigenvalue weighted by molar-refractivity contribution is 6.01. The molecule has 0 spiro atoms. The number of carbonyl (C=O) groups is 1. The number of phenols is 1. The monoisotopic (exact) mass is 312 g/mol. The summed E-state index contributed by atoms with van der Waals surface area (Å²) < 4.78 is 66.0. The number of rotatable bonds is 4. The molecule has 1 rings (SSSR count). The van der Waals surface area contributed by atoms with Crippen molar-refractivity contribution in [1.82, 2.24) is 0 Å². The molecular weight excluding hydrogens is 303 g/mol. The van der Waals surface area contributed by atoms with Gasteiger partial charge in [-0.3, -0.25) is 4.79 Å². The molecule has 0 heterocycles. The Balaban J connectivity index is 3.14. The molecule has 2 N–H and O–H groups in total. The summed E-state index contributed by atoms with van der Waals surface area (Å²) in [6, 6.07) is 3.16. The van der Waals surface area contributed by atoms with Gasteiger partial charge in [0.15, 0.2) is 0 Å². The Kier molecular flexibility index (Phi) is 4.45. The van der Waals surface area contributed by atoms with E-state index in [1.165, 1.54) is 13.2 Å². The summed E-state index contributed by atoms with van der Waals surface area (Å²) in [5.41, 5.74) is -0.498. The lowest BCUT2D eigenvalue weighted by Gasteiger charge is -2.16. The molecule has 1 aromatic rings. The Morgan fingerprint density at radius 3 is 2.24 bits per heavy atom. The van der Waals surface area contributed by atoms with Gasteiger partial charge in [-0.25, -0.2) is 0 Å². The molecule has 21 heavy (non-hydrogen) atoms. The van der Waals surface area contributed by atoms with E-state index in [1.54, 1.807) is 0 Å². The van der Waals surface area contributed by atoms with Crippen molar-refractivity contribution in [2.75, 3.05) is 7.11 Å². The molecule has 0 aliphatic rings. The van der Waals surface area contributed by atoms with Crippen molar-refractivity contribution in [1.29, 1.82) is 0 Å². The minimum Gasteiger partial charge on any atom is -0.507 e. The van der Waals surface area contributed by atoms with Crippen molar-refractivity contribution in [2.24, 2.45) is 0 Å². The van der Waals surface area contributed by atoms with Crippen molar-refractivity contribution in [3.63, 3.8) is 0 Å². The van der Waals surface area contributed by atoms with E-state index in [4.69, 9.17) is 4.74 Å². The quantitative estimate of drug-likeness (QED) is 0.509. The molecule has 1 aromatic carbocycles. The lowest BCUT2D eigenvalue weighted by molar-refractivity contribution is -0.266. The van der Waals surface area contributed by atoms with Crippen LogP contribution in [0.15, 0.2) is 24.3 Å². The van der Waals surface area contributed by atoms with Crippen LogP contribution in [0.3, 0.4) is 0 Å². The van der Waals surface area contributed by atoms with Gasteiger partial charge in [0, 0.05) is 12.1 Å². The SMILES string of the molecule is COc1ccc(/C(O)=C/C(=O)C(F)(F)C(F)(F)F)c(O)c1. The summed E-state index contributed by atoms with van der Waals surface area (Å²) >= 11 is 0. The molecular formula is C12H9F5O4. The van der Waals surface area contributed by atoms with E-state index in [-0.39, 0.29) is 11.8 Å². The highest BCUT2D eigenvalue weighted by atomic mass is 19.4. The van der Waals surface area contributed by atoms with Crippen LogP contribution in [0.25, 0.3) is 5.76 Å². The number of alkyl halides is 5. The van der Waals surface area contributed by atoms with Crippen LogP contribution < -0.4 is 4.74 Å². The molecule has 0 aliphatic heterocycles. The van der Waals surface area contributed by atoms with Crippen molar-refractivity contribution in [3.05, 3.63) is 29.8 Å². The molecule has 0 atom stereocenters. The fraction of sp³-hybridized carbons (Fsp3) is 0.250. The van der Waals surface area contributed by atoms with E-state index < -0.39 is 35.0 Å². The molecule has 0 bridgehead atoms. The Morgan fingerprint density at radius 2 is 1.81 bits per heavy atom. The average Bonchev–Trinajstić information content (AvgIpc) is 2.36. The number of carbonyl (C=O) groups excluding carboxylic acids is 1. The van der Waals surface area contributed by atoms with E-state index in [9.17, 15) is 37.0 Å². The third-order valence-corrected chi connectivity index (χ3v) is 2.41. The Hall–Kier alpha value is -2.32. The van der Waals surface area contributed by atoms with Crippen molar-refractivity contribution in [3.8, 4) is 11.5 Å². The number of phenolic OH excluding ortho intramolecular Hbond substituents is 1. The molecule has 0 saturated heterocycles. The first-order valence-corrected chi connectivity index (χ1v) is 5.27. The molecule has 0 saturated carbocycles. The zero-order chi connectivity index (χ0) is 16.4. The molecule has 4 nitrogen and oxygen atoms in total. The fourth-order valence-electron chi connectivity index (χ4n) is 1.29. The summed E-state index contributed by atoms with van der Waals surface area (Å²) in [6.07, 6.45) is -6.38. The minimum absolute atomic E-state index is 0.149. The van der Waals surface area contributed by atoms with E-state index in [2.05, 4.69) is 0 Å². The van der Waals surface area contributed by atoms with Gasteiger partial charge in [0.05, 0.1) is 12.7 Å². The third kappa shape index (κ3) is 3.41. The van der Waals surface area contributed by atoms with Gasteiger partial charge in [-0.05, 0) is 12.1 Å². The van der Waals surface area contributed by atoms with Crippen molar-refractivity contribution < 1.29 is 41.7 Å². The maximum Gasteiger partial charge on any atom is 0.461 e. The molecule has 0 radical (unpaired) electrons. The predicted molar refractivity (Wildman–Crippen MR) is 61.3 cm³/mol. The molecule has 0 aliphatic carbocycles. The van der Waals surface area contributed by atoms with Gasteiger partial charge in [0.25, 0.3) is 0 Å². The van der Waals surface area contributed by atoms with Crippen molar-refractivity contribution >= 4 is 11.5 Å². The van der Waals surface area contributed by atoms with Gasteiger partial charge in [0.2, 0.25) is 5.78 Å². The minimum atomic E-state index is -6.08. The Bertz CT molecular complexity index is 578. The van der Waals surface area contributed by atoms with Crippen LogP contribution in [-0.4, -0.2) is 35.2 Å². The van der Waals surface area contributed by atoms with Crippen LogP contribution in [0.1, 0.15) is 5.56 Å². The number of aromatic hydroxyl groups is 1. The lowest BCUT2D eigenvalue weighted by atomic mass is 10.1. The normalized spacial score (nSPS) is 13.1. The first kappa shape index (κ1) is 16.7. The van der Waals surface area contributed by atoms with Crippen LogP contribution in [0.4, 0.5) is 22.0 Å².